The fourth-order valence-electron chi connectivity index (χ4n) is 1.94. The lowest BCUT2D eigenvalue weighted by Crippen LogP contribution is -2.40. The molecule has 0 spiro atoms. The van der Waals surface area contributed by atoms with Crippen LogP contribution in [0.4, 0.5) is 4.39 Å². The van der Waals surface area contributed by atoms with Crippen LogP contribution in [0.15, 0.2) is 30.3 Å². The molecule has 0 saturated carbocycles. The lowest BCUT2D eigenvalue weighted by atomic mass is 9.99. The van der Waals surface area contributed by atoms with Crippen molar-refractivity contribution in [2.45, 2.75) is 59.6 Å². The lowest BCUT2D eigenvalue weighted by molar-refractivity contribution is -0.149. The summed E-state index contributed by atoms with van der Waals surface area (Å²) < 4.78 is 38.7. The Morgan fingerprint density at radius 2 is 1.71 bits per heavy atom. The molecule has 0 amide bonds. The van der Waals surface area contributed by atoms with Gasteiger partial charge in [-0.05, 0) is 32.9 Å². The second-order valence-corrected chi connectivity index (χ2v) is 9.13. The largest absolute Gasteiger partial charge is 0.462 e. The first kappa shape index (κ1) is 20.7. The van der Waals surface area contributed by atoms with E-state index in [2.05, 4.69) is 5.09 Å². The zero-order valence-corrected chi connectivity index (χ0v) is 16.0. The van der Waals surface area contributed by atoms with Crippen molar-refractivity contribution in [1.29, 1.82) is 0 Å². The fraction of sp³-hybridized carbons (Fsp3) is 0.588. The monoisotopic (exact) mass is 359 g/mol. The van der Waals surface area contributed by atoms with Gasteiger partial charge < -0.3 is 9.26 Å². The summed E-state index contributed by atoms with van der Waals surface area (Å²) in [5.41, 5.74) is -0.932. The first-order chi connectivity index (χ1) is 11.0. The van der Waals surface area contributed by atoms with Crippen LogP contribution in [0.25, 0.3) is 0 Å². The van der Waals surface area contributed by atoms with E-state index in [4.69, 9.17) is 9.26 Å². The lowest BCUT2D eigenvalue weighted by Gasteiger charge is -2.32. The first-order valence-corrected chi connectivity index (χ1v) is 9.62. The summed E-state index contributed by atoms with van der Waals surface area (Å²) in [5.74, 6) is -2.15. The van der Waals surface area contributed by atoms with Crippen LogP contribution in [0.5, 0.6) is 5.75 Å². The molecular weight excluding hydrogens is 332 g/mol. The van der Waals surface area contributed by atoms with Gasteiger partial charge in [-0.25, -0.2) is 9.48 Å². The van der Waals surface area contributed by atoms with E-state index in [0.717, 1.165) is 0 Å². The van der Waals surface area contributed by atoms with Crippen LogP contribution in [0, 0.1) is 5.41 Å². The Bertz CT molecular complexity index is 586. The van der Waals surface area contributed by atoms with Gasteiger partial charge in [-0.2, -0.15) is 0 Å². The summed E-state index contributed by atoms with van der Waals surface area (Å²) in [5, 5.41) is 2.54. The number of nitrogens with one attached hydrogen (secondary N) is 1. The summed E-state index contributed by atoms with van der Waals surface area (Å²) in [6, 6.07) is 7.36. The van der Waals surface area contributed by atoms with Crippen molar-refractivity contribution < 1.29 is 23.0 Å². The van der Waals surface area contributed by atoms with Crippen molar-refractivity contribution in [1.82, 2.24) is 5.09 Å². The minimum absolute atomic E-state index is 0.268. The second-order valence-electron chi connectivity index (χ2n) is 7.04. The highest BCUT2D eigenvalue weighted by atomic mass is 31.2. The molecule has 136 valence electrons. The highest BCUT2D eigenvalue weighted by molar-refractivity contribution is 7.58. The van der Waals surface area contributed by atoms with E-state index in [1.54, 1.807) is 65.0 Å². The maximum atomic E-state index is 14.9. The molecule has 0 saturated heterocycles. The van der Waals surface area contributed by atoms with E-state index >= 15 is 0 Å². The van der Waals surface area contributed by atoms with Gasteiger partial charge in [0.1, 0.15) is 11.8 Å². The van der Waals surface area contributed by atoms with Crippen molar-refractivity contribution >= 4 is 13.5 Å². The Morgan fingerprint density at radius 1 is 1.17 bits per heavy atom. The zero-order chi connectivity index (χ0) is 18.5. The average molecular weight is 359 g/mol. The van der Waals surface area contributed by atoms with E-state index in [1.165, 1.54) is 6.92 Å². The average Bonchev–Trinajstić information content (AvgIpc) is 2.45. The maximum Gasteiger partial charge on any atom is 0.351 e. The number of hydrogen-bond donors (Lipinski definition) is 1. The molecule has 0 radical (unpaired) electrons. The van der Waals surface area contributed by atoms with E-state index in [1.807, 2.05) is 0 Å². The quantitative estimate of drug-likeness (QED) is 0.572. The molecule has 1 aromatic rings. The zero-order valence-electron chi connectivity index (χ0n) is 15.1. The van der Waals surface area contributed by atoms with Crippen LogP contribution < -0.4 is 9.61 Å². The normalized spacial score (nSPS) is 17.0. The Hall–Kier alpha value is -1.39. The molecule has 7 heteroatoms. The number of hydrogen-bond acceptors (Lipinski definition) is 4. The number of para-hydroxylation sites is 1. The number of halogens is 1. The molecule has 0 aliphatic carbocycles. The molecule has 3 unspecified atom stereocenters. The molecular formula is C17H27FNO4P. The highest BCUT2D eigenvalue weighted by Gasteiger charge is 2.46. The number of carbonyl (C=O) groups is 1. The topological polar surface area (TPSA) is 64.6 Å². The summed E-state index contributed by atoms with van der Waals surface area (Å²) in [6.07, 6.45) is -0.319. The Kier molecular flexibility index (Phi) is 6.99. The minimum Gasteiger partial charge on any atom is -0.462 e. The summed E-state index contributed by atoms with van der Waals surface area (Å²) in [4.78, 5) is 12.0. The van der Waals surface area contributed by atoms with Crippen molar-refractivity contribution in [3.63, 3.8) is 0 Å². The molecule has 3 atom stereocenters. The van der Waals surface area contributed by atoms with Gasteiger partial charge in [0.05, 0.1) is 6.10 Å². The molecule has 0 aliphatic rings. The number of esters is 1. The van der Waals surface area contributed by atoms with Crippen molar-refractivity contribution in [3.8, 4) is 5.75 Å². The number of rotatable bonds is 7. The van der Waals surface area contributed by atoms with E-state index in [9.17, 15) is 13.8 Å². The molecule has 1 aromatic carbocycles. The van der Waals surface area contributed by atoms with Gasteiger partial charge in [0.25, 0.3) is 0 Å². The summed E-state index contributed by atoms with van der Waals surface area (Å²) >= 11 is 0. The number of alkyl halides is 1. The molecule has 24 heavy (non-hydrogen) atoms. The minimum atomic E-state index is -4.02. The predicted octanol–water partition coefficient (Wildman–Crippen LogP) is 4.53. The smallest absolute Gasteiger partial charge is 0.351 e. The van der Waals surface area contributed by atoms with E-state index < -0.39 is 30.9 Å². The molecule has 0 aromatic heterocycles. The van der Waals surface area contributed by atoms with Crippen LogP contribution in [-0.2, 0) is 14.1 Å². The van der Waals surface area contributed by atoms with Crippen LogP contribution in [-0.4, -0.2) is 24.0 Å². The Morgan fingerprint density at radius 3 is 2.17 bits per heavy atom. The van der Waals surface area contributed by atoms with Gasteiger partial charge in [0.2, 0.25) is 5.91 Å². The molecule has 5 nitrogen and oxygen atoms in total. The van der Waals surface area contributed by atoms with Gasteiger partial charge in [0.15, 0.2) is 0 Å². The number of carbonyl (C=O) groups excluding carboxylic acids is 1. The molecule has 0 aliphatic heterocycles. The number of ether oxygens (including phenoxy) is 1. The molecule has 0 bridgehead atoms. The van der Waals surface area contributed by atoms with Gasteiger partial charge in [-0.1, -0.05) is 39.0 Å². The summed E-state index contributed by atoms with van der Waals surface area (Å²) in [7, 11) is -4.02. The van der Waals surface area contributed by atoms with Gasteiger partial charge >= 0.3 is 13.5 Å². The first-order valence-electron chi connectivity index (χ1n) is 7.92. The van der Waals surface area contributed by atoms with Gasteiger partial charge in [-0.3, -0.25) is 9.36 Å². The van der Waals surface area contributed by atoms with Crippen LogP contribution in [0.1, 0.15) is 41.5 Å². The highest BCUT2D eigenvalue weighted by Crippen LogP contribution is 2.55. The van der Waals surface area contributed by atoms with Crippen molar-refractivity contribution in [3.05, 3.63) is 30.3 Å². The van der Waals surface area contributed by atoms with Crippen molar-refractivity contribution in [2.75, 3.05) is 0 Å². The number of benzene rings is 1. The fourth-order valence-corrected chi connectivity index (χ4v) is 4.32. The van der Waals surface area contributed by atoms with Crippen LogP contribution in [0.2, 0.25) is 0 Å². The standard InChI is InChI=1S/C17H27FNO4P/c1-12(2)22-15(20)13(3)19-24(21,16(18)17(4,5)6)23-14-10-8-7-9-11-14/h7-13,16H,1-6H3,(H,19,21). The van der Waals surface area contributed by atoms with Crippen LogP contribution >= 0.6 is 7.52 Å². The maximum absolute atomic E-state index is 14.9. The third-order valence-electron chi connectivity index (χ3n) is 3.08. The van der Waals surface area contributed by atoms with Gasteiger partial charge in [-0.15, -0.1) is 0 Å². The van der Waals surface area contributed by atoms with Gasteiger partial charge in [0, 0.05) is 5.41 Å². The van der Waals surface area contributed by atoms with Crippen LogP contribution in [0.3, 0.4) is 0 Å². The predicted molar refractivity (Wildman–Crippen MR) is 92.9 cm³/mol. The molecule has 1 N–H and O–H groups in total. The SMILES string of the molecule is CC(C)OC(=O)C(C)NP(=O)(Oc1ccccc1)C(F)C(C)(C)C. The summed E-state index contributed by atoms with van der Waals surface area (Å²) in [6.45, 7) is 9.75. The Balaban J connectivity index is 3.05. The van der Waals surface area contributed by atoms with Crippen molar-refractivity contribution in [2.24, 2.45) is 5.41 Å². The Labute approximate surface area is 143 Å². The van der Waals surface area contributed by atoms with E-state index in [0.29, 0.717) is 0 Å². The molecule has 0 fully saturated rings. The van der Waals surface area contributed by atoms with E-state index in [-0.39, 0.29) is 11.9 Å². The second kappa shape index (κ2) is 8.13. The third-order valence-corrected chi connectivity index (χ3v) is 5.68. The third kappa shape index (κ3) is 5.91. The molecule has 0 heterocycles. The molecule has 1 rings (SSSR count).